The number of hydrogen-bond donors (Lipinski definition) is 4. The van der Waals surface area contributed by atoms with Crippen LogP contribution in [0.3, 0.4) is 0 Å². The van der Waals surface area contributed by atoms with E-state index in [1.807, 2.05) is 0 Å². The largest absolute Gasteiger partial charge is 0.506 e. The van der Waals surface area contributed by atoms with Crippen LogP contribution >= 0.6 is 34.5 Å². The van der Waals surface area contributed by atoms with Crippen LogP contribution in [0.25, 0.3) is 10.4 Å². The van der Waals surface area contributed by atoms with Gasteiger partial charge in [-0.15, -0.1) is 11.3 Å². The lowest BCUT2D eigenvalue weighted by Gasteiger charge is -2.05. The summed E-state index contributed by atoms with van der Waals surface area (Å²) in [7, 11) is 0. The van der Waals surface area contributed by atoms with Crippen LogP contribution in [0.1, 0.15) is 22.8 Å². The predicted molar refractivity (Wildman–Crippen MR) is 114 cm³/mol. The van der Waals surface area contributed by atoms with Crippen LogP contribution in [-0.2, 0) is 0 Å². The molecule has 28 heavy (non-hydrogen) atoms. The standard InChI is InChI=1S/C19H15Cl2N3O3S/c1-9(23-24-19(27)11-3-5-16(25)15(22)7-11)12-8-28-18(17(12)26)10-2-4-13(20)14(21)6-10/h2-8,25-26H,22H2,1H3,(H,24,27). The van der Waals surface area contributed by atoms with E-state index >= 15 is 0 Å². The average Bonchev–Trinajstić information content (AvgIpc) is 3.05. The first kappa shape index (κ1) is 20.0. The zero-order valence-electron chi connectivity index (χ0n) is 14.5. The number of anilines is 1. The summed E-state index contributed by atoms with van der Waals surface area (Å²) in [5.41, 5.74) is 9.95. The zero-order valence-corrected chi connectivity index (χ0v) is 16.9. The number of carbonyl (C=O) groups is 1. The van der Waals surface area contributed by atoms with Gasteiger partial charge in [-0.3, -0.25) is 4.79 Å². The minimum absolute atomic E-state index is 0.0350. The van der Waals surface area contributed by atoms with E-state index in [1.54, 1.807) is 30.5 Å². The van der Waals surface area contributed by atoms with Crippen molar-refractivity contribution < 1.29 is 15.0 Å². The summed E-state index contributed by atoms with van der Waals surface area (Å²) in [4.78, 5) is 12.8. The van der Waals surface area contributed by atoms with Crippen molar-refractivity contribution in [3.8, 4) is 21.9 Å². The Morgan fingerprint density at radius 3 is 2.57 bits per heavy atom. The number of nitrogen functional groups attached to an aromatic ring is 1. The van der Waals surface area contributed by atoms with Gasteiger partial charge >= 0.3 is 0 Å². The molecule has 5 N–H and O–H groups in total. The summed E-state index contributed by atoms with van der Waals surface area (Å²) in [6.45, 7) is 1.66. The van der Waals surface area contributed by atoms with E-state index in [0.717, 1.165) is 5.56 Å². The van der Waals surface area contributed by atoms with Crippen molar-refractivity contribution in [3.05, 3.63) is 63.0 Å². The summed E-state index contributed by atoms with van der Waals surface area (Å²) < 4.78 is 0. The Hall–Kier alpha value is -2.74. The molecular weight excluding hydrogens is 421 g/mol. The zero-order chi connectivity index (χ0) is 20.4. The Labute approximate surface area is 174 Å². The lowest BCUT2D eigenvalue weighted by Crippen LogP contribution is -2.19. The van der Waals surface area contributed by atoms with Gasteiger partial charge in [0.2, 0.25) is 0 Å². The topological polar surface area (TPSA) is 108 Å². The highest BCUT2D eigenvalue weighted by atomic mass is 35.5. The Balaban J connectivity index is 1.81. The van der Waals surface area contributed by atoms with Crippen molar-refractivity contribution in [3.63, 3.8) is 0 Å². The Kier molecular flexibility index (Phi) is 5.79. The van der Waals surface area contributed by atoms with Gasteiger partial charge in [0.1, 0.15) is 11.5 Å². The molecular formula is C19H15Cl2N3O3S. The number of carbonyl (C=O) groups excluding carboxylic acids is 1. The third-order valence-corrected chi connectivity index (χ3v) is 5.71. The number of hydrogen-bond acceptors (Lipinski definition) is 6. The second kappa shape index (κ2) is 8.10. The van der Waals surface area contributed by atoms with Crippen LogP contribution in [0.4, 0.5) is 5.69 Å². The lowest BCUT2D eigenvalue weighted by molar-refractivity contribution is 0.0955. The molecule has 0 saturated heterocycles. The van der Waals surface area contributed by atoms with Gasteiger partial charge < -0.3 is 15.9 Å². The van der Waals surface area contributed by atoms with Crippen molar-refractivity contribution in [2.75, 3.05) is 5.73 Å². The molecule has 144 valence electrons. The second-order valence-electron chi connectivity index (χ2n) is 5.87. The molecule has 0 spiro atoms. The Morgan fingerprint density at radius 2 is 1.89 bits per heavy atom. The summed E-state index contributed by atoms with van der Waals surface area (Å²) in [5, 5.41) is 26.6. The molecule has 1 heterocycles. The van der Waals surface area contributed by atoms with Gasteiger partial charge in [-0.25, -0.2) is 5.43 Å². The van der Waals surface area contributed by atoms with E-state index < -0.39 is 5.91 Å². The number of nitrogens with one attached hydrogen (secondary N) is 1. The Morgan fingerprint density at radius 1 is 1.14 bits per heavy atom. The van der Waals surface area contributed by atoms with Crippen LogP contribution in [0.2, 0.25) is 10.0 Å². The highest BCUT2D eigenvalue weighted by Gasteiger charge is 2.16. The summed E-state index contributed by atoms with van der Waals surface area (Å²) >= 11 is 13.3. The molecule has 0 aliphatic rings. The maximum atomic E-state index is 12.2. The molecule has 1 amide bonds. The fourth-order valence-corrected chi connectivity index (χ4v) is 3.71. The number of hydrazone groups is 1. The molecule has 6 nitrogen and oxygen atoms in total. The molecule has 1 aromatic heterocycles. The SMILES string of the molecule is CC(=NNC(=O)c1ccc(O)c(N)c1)c1csc(-c2ccc(Cl)c(Cl)c2)c1O. The van der Waals surface area contributed by atoms with Crippen molar-refractivity contribution in [1.82, 2.24) is 5.43 Å². The Bertz CT molecular complexity index is 1100. The molecule has 0 saturated carbocycles. The van der Waals surface area contributed by atoms with Gasteiger partial charge in [-0.1, -0.05) is 29.3 Å². The smallest absolute Gasteiger partial charge is 0.271 e. The first-order chi connectivity index (χ1) is 13.3. The van der Waals surface area contributed by atoms with Crippen LogP contribution < -0.4 is 11.2 Å². The van der Waals surface area contributed by atoms with Gasteiger partial charge in [0.25, 0.3) is 5.91 Å². The number of phenols is 1. The van der Waals surface area contributed by atoms with E-state index in [2.05, 4.69) is 10.5 Å². The van der Waals surface area contributed by atoms with Crippen LogP contribution in [0, 0.1) is 0 Å². The minimum atomic E-state index is -0.495. The molecule has 2 aromatic carbocycles. The van der Waals surface area contributed by atoms with Crippen molar-refractivity contribution in [1.29, 1.82) is 0 Å². The van der Waals surface area contributed by atoms with Crippen molar-refractivity contribution >= 4 is 51.8 Å². The molecule has 0 bridgehead atoms. The quantitative estimate of drug-likeness (QED) is 0.203. The predicted octanol–water partition coefficient (Wildman–Crippen LogP) is 4.87. The van der Waals surface area contributed by atoms with E-state index in [9.17, 15) is 15.0 Å². The number of amides is 1. The molecule has 0 aliphatic heterocycles. The van der Waals surface area contributed by atoms with E-state index in [-0.39, 0.29) is 22.7 Å². The molecule has 0 fully saturated rings. The molecule has 0 atom stereocenters. The van der Waals surface area contributed by atoms with Gasteiger partial charge in [-0.2, -0.15) is 5.10 Å². The fraction of sp³-hybridized carbons (Fsp3) is 0.0526. The second-order valence-corrected chi connectivity index (χ2v) is 7.56. The third kappa shape index (κ3) is 4.06. The first-order valence-corrected chi connectivity index (χ1v) is 9.61. The van der Waals surface area contributed by atoms with Gasteiger partial charge in [-0.05, 0) is 42.8 Å². The molecule has 3 rings (SSSR count). The lowest BCUT2D eigenvalue weighted by atomic mass is 10.1. The summed E-state index contributed by atoms with van der Waals surface area (Å²) in [6.07, 6.45) is 0. The minimum Gasteiger partial charge on any atom is -0.506 e. The van der Waals surface area contributed by atoms with Gasteiger partial charge in [0.15, 0.2) is 0 Å². The number of aromatic hydroxyl groups is 2. The van der Waals surface area contributed by atoms with E-state index in [1.165, 1.54) is 29.5 Å². The molecule has 9 heteroatoms. The number of nitrogens with two attached hydrogens (primary N) is 1. The van der Waals surface area contributed by atoms with E-state index in [0.29, 0.717) is 26.2 Å². The summed E-state index contributed by atoms with van der Waals surface area (Å²) in [6, 6.07) is 9.18. The van der Waals surface area contributed by atoms with Crippen molar-refractivity contribution in [2.24, 2.45) is 5.10 Å². The van der Waals surface area contributed by atoms with Crippen molar-refractivity contribution in [2.45, 2.75) is 6.92 Å². The molecule has 0 unspecified atom stereocenters. The van der Waals surface area contributed by atoms with Crippen LogP contribution in [-0.4, -0.2) is 21.8 Å². The maximum Gasteiger partial charge on any atom is 0.271 e. The number of nitrogens with zero attached hydrogens (tertiary/aromatic N) is 1. The van der Waals surface area contributed by atoms with Gasteiger partial charge in [0.05, 0.1) is 31.9 Å². The number of rotatable bonds is 4. The fourth-order valence-electron chi connectivity index (χ4n) is 2.41. The average molecular weight is 436 g/mol. The van der Waals surface area contributed by atoms with Crippen LogP contribution in [0.15, 0.2) is 46.9 Å². The normalized spacial score (nSPS) is 11.5. The maximum absolute atomic E-state index is 12.2. The highest BCUT2D eigenvalue weighted by Crippen LogP contribution is 2.40. The monoisotopic (exact) mass is 435 g/mol. The molecule has 0 aliphatic carbocycles. The number of halogens is 2. The highest BCUT2D eigenvalue weighted by molar-refractivity contribution is 7.14. The van der Waals surface area contributed by atoms with Gasteiger partial charge in [0, 0.05) is 10.9 Å². The van der Waals surface area contributed by atoms with Crippen LogP contribution in [0.5, 0.6) is 11.5 Å². The molecule has 0 radical (unpaired) electrons. The number of thiophene rings is 1. The molecule has 3 aromatic rings. The number of benzene rings is 2. The summed E-state index contributed by atoms with van der Waals surface area (Å²) in [5.74, 6) is -0.562. The van der Waals surface area contributed by atoms with E-state index in [4.69, 9.17) is 28.9 Å². The third-order valence-electron chi connectivity index (χ3n) is 3.95. The first-order valence-electron chi connectivity index (χ1n) is 7.97. The number of phenolic OH excluding ortho intramolecular Hbond substituents is 1.